The van der Waals surface area contributed by atoms with Crippen molar-refractivity contribution < 1.29 is 19.2 Å². The average Bonchev–Trinajstić information content (AvgIpc) is 3.00. The van der Waals surface area contributed by atoms with E-state index in [-0.39, 0.29) is 18.9 Å². The highest BCUT2D eigenvalue weighted by Crippen LogP contribution is 2.22. The number of fused-ring (bicyclic) bond motifs is 1. The van der Waals surface area contributed by atoms with Gasteiger partial charge in [0.05, 0.1) is 29.8 Å². The molecule has 0 saturated carbocycles. The van der Waals surface area contributed by atoms with E-state index < -0.39 is 5.97 Å². The van der Waals surface area contributed by atoms with E-state index >= 15 is 0 Å². The second-order valence-corrected chi connectivity index (χ2v) is 5.67. The van der Waals surface area contributed by atoms with Gasteiger partial charge >= 0.3 is 5.97 Å². The van der Waals surface area contributed by atoms with Gasteiger partial charge in [0.2, 0.25) is 5.91 Å². The van der Waals surface area contributed by atoms with Crippen LogP contribution >= 0.6 is 0 Å². The molecule has 1 aromatic heterocycles. The van der Waals surface area contributed by atoms with Crippen LogP contribution in [0.1, 0.15) is 22.8 Å². The Morgan fingerprint density at radius 1 is 1.08 bits per heavy atom. The van der Waals surface area contributed by atoms with Crippen LogP contribution in [0.5, 0.6) is 0 Å². The molecule has 1 heterocycles. The van der Waals surface area contributed by atoms with Crippen LogP contribution in [0.4, 0.5) is 5.69 Å². The van der Waals surface area contributed by atoms with Crippen molar-refractivity contribution in [1.29, 1.82) is 0 Å². The lowest BCUT2D eigenvalue weighted by atomic mass is 10.1. The number of carbonyl (C=O) groups excluding carboxylic acids is 2. The van der Waals surface area contributed by atoms with Crippen LogP contribution in [0.3, 0.4) is 0 Å². The van der Waals surface area contributed by atoms with Gasteiger partial charge < -0.3 is 14.9 Å². The molecule has 0 aliphatic carbocycles. The van der Waals surface area contributed by atoms with Gasteiger partial charge in [-0.15, -0.1) is 0 Å². The first-order chi connectivity index (χ1) is 12.6. The molecule has 3 aromatic rings. The minimum absolute atomic E-state index is 0.161. The van der Waals surface area contributed by atoms with Gasteiger partial charge in [-0.25, -0.2) is 4.79 Å². The minimum Gasteiger partial charge on any atom is -0.462 e. The number of aromatic nitrogens is 1. The third kappa shape index (κ3) is 3.54. The van der Waals surface area contributed by atoms with Gasteiger partial charge in [-0.3, -0.25) is 4.79 Å². The lowest BCUT2D eigenvalue weighted by Gasteiger charge is -2.10. The Morgan fingerprint density at radius 2 is 1.81 bits per heavy atom. The van der Waals surface area contributed by atoms with Crippen molar-refractivity contribution >= 4 is 28.5 Å². The molecule has 0 fully saturated rings. The van der Waals surface area contributed by atoms with Crippen molar-refractivity contribution in [2.75, 3.05) is 19.0 Å². The average molecular weight is 352 g/mol. The number of para-hydroxylation sites is 2. The Labute approximate surface area is 151 Å². The molecule has 0 saturated heterocycles. The van der Waals surface area contributed by atoms with Gasteiger partial charge in [0.1, 0.15) is 7.11 Å². The summed E-state index contributed by atoms with van der Waals surface area (Å²) in [5.74, 6) is -0.680. The van der Waals surface area contributed by atoms with Crippen LogP contribution < -0.4 is 10.2 Å². The molecular weight excluding hydrogens is 332 g/mol. The number of hydrogen-bond donors (Lipinski definition) is 1. The molecule has 1 N–H and O–H groups in total. The number of hydrogen-bond acceptors (Lipinski definition) is 4. The first-order valence-corrected chi connectivity index (χ1v) is 8.33. The molecule has 1 amide bonds. The zero-order chi connectivity index (χ0) is 18.5. The van der Waals surface area contributed by atoms with Crippen molar-refractivity contribution in [1.82, 2.24) is 4.73 Å². The molecule has 0 bridgehead atoms. The Kier molecular flexibility index (Phi) is 5.22. The maximum Gasteiger partial charge on any atom is 0.340 e. The largest absolute Gasteiger partial charge is 0.462 e. The number of benzene rings is 2. The predicted molar refractivity (Wildman–Crippen MR) is 99.2 cm³/mol. The van der Waals surface area contributed by atoms with Gasteiger partial charge in [-0.05, 0) is 30.7 Å². The fourth-order valence-corrected chi connectivity index (χ4v) is 2.86. The Bertz CT molecular complexity index is 946. The number of nitrogens with zero attached hydrogens (tertiary/aromatic N) is 1. The molecule has 0 radical (unpaired) electrons. The summed E-state index contributed by atoms with van der Waals surface area (Å²) in [6.45, 7) is 2.02. The van der Waals surface area contributed by atoms with Gasteiger partial charge in [0.25, 0.3) is 0 Å². The number of carbonyl (C=O) groups is 2. The van der Waals surface area contributed by atoms with Crippen molar-refractivity contribution in [2.24, 2.45) is 0 Å². The number of rotatable bonds is 6. The molecule has 0 aliphatic heterocycles. The molecule has 6 nitrogen and oxygen atoms in total. The standard InChI is InChI=1S/C20H20N2O4/c1-3-26-20(24)16-9-4-6-10-17(16)21-19(23)12-14-13-22(25-2)18-11-7-5-8-15(14)18/h4-11,13H,3,12H2,1-2H3,(H,21,23). The quantitative estimate of drug-likeness (QED) is 0.692. The molecule has 6 heteroatoms. The summed E-state index contributed by atoms with van der Waals surface area (Å²) in [5.41, 5.74) is 2.51. The lowest BCUT2D eigenvalue weighted by Crippen LogP contribution is -2.17. The summed E-state index contributed by atoms with van der Waals surface area (Å²) < 4.78 is 6.66. The summed E-state index contributed by atoms with van der Waals surface area (Å²) in [6, 6.07) is 14.5. The number of amides is 1. The fraction of sp³-hybridized carbons (Fsp3) is 0.200. The number of nitrogens with one attached hydrogen (secondary N) is 1. The van der Waals surface area contributed by atoms with Crippen molar-refractivity contribution in [3.8, 4) is 0 Å². The van der Waals surface area contributed by atoms with E-state index in [0.717, 1.165) is 16.5 Å². The van der Waals surface area contributed by atoms with E-state index in [9.17, 15) is 9.59 Å². The van der Waals surface area contributed by atoms with Crippen molar-refractivity contribution in [3.63, 3.8) is 0 Å². The summed E-state index contributed by atoms with van der Waals surface area (Å²) in [4.78, 5) is 29.9. The highest BCUT2D eigenvalue weighted by molar-refractivity contribution is 6.02. The van der Waals surface area contributed by atoms with E-state index in [1.54, 1.807) is 49.2 Å². The molecule has 0 aliphatic rings. The van der Waals surface area contributed by atoms with Gasteiger partial charge in [-0.1, -0.05) is 30.3 Å². The highest BCUT2D eigenvalue weighted by Gasteiger charge is 2.16. The van der Waals surface area contributed by atoms with Crippen LogP contribution in [0.15, 0.2) is 54.7 Å². The molecule has 26 heavy (non-hydrogen) atoms. The monoisotopic (exact) mass is 352 g/mol. The Morgan fingerprint density at radius 3 is 2.58 bits per heavy atom. The summed E-state index contributed by atoms with van der Waals surface area (Å²) >= 11 is 0. The molecule has 3 rings (SSSR count). The SMILES string of the molecule is CCOC(=O)c1ccccc1NC(=O)Cc1cn(OC)c2ccccc12. The van der Waals surface area contributed by atoms with Crippen LogP contribution in [-0.4, -0.2) is 30.3 Å². The number of anilines is 1. The van der Waals surface area contributed by atoms with Crippen LogP contribution in [-0.2, 0) is 16.0 Å². The summed E-state index contributed by atoms with van der Waals surface area (Å²) in [7, 11) is 1.58. The van der Waals surface area contributed by atoms with E-state index in [4.69, 9.17) is 9.57 Å². The van der Waals surface area contributed by atoms with Gasteiger partial charge in [-0.2, -0.15) is 4.73 Å². The molecule has 0 unspecified atom stereocenters. The minimum atomic E-state index is -0.459. The molecule has 0 atom stereocenters. The Hall–Kier alpha value is -3.28. The third-order valence-corrected chi connectivity index (χ3v) is 4.00. The van der Waals surface area contributed by atoms with Crippen LogP contribution in [0, 0.1) is 0 Å². The molecule has 2 aromatic carbocycles. The van der Waals surface area contributed by atoms with Crippen LogP contribution in [0.25, 0.3) is 10.9 Å². The molecule has 134 valence electrons. The summed E-state index contributed by atoms with van der Waals surface area (Å²) in [6.07, 6.45) is 1.95. The zero-order valence-corrected chi connectivity index (χ0v) is 14.7. The number of esters is 1. The van der Waals surface area contributed by atoms with Crippen LogP contribution in [0.2, 0.25) is 0 Å². The van der Waals surface area contributed by atoms with Gasteiger partial charge in [0.15, 0.2) is 0 Å². The first kappa shape index (κ1) is 17.5. The fourth-order valence-electron chi connectivity index (χ4n) is 2.86. The maximum absolute atomic E-state index is 12.5. The zero-order valence-electron chi connectivity index (χ0n) is 14.7. The molecule has 0 spiro atoms. The highest BCUT2D eigenvalue weighted by atomic mass is 16.6. The van der Waals surface area contributed by atoms with E-state index in [1.807, 2.05) is 24.3 Å². The molecular formula is C20H20N2O4. The van der Waals surface area contributed by atoms with Crippen molar-refractivity contribution in [3.05, 3.63) is 65.9 Å². The van der Waals surface area contributed by atoms with E-state index in [2.05, 4.69) is 5.32 Å². The lowest BCUT2D eigenvalue weighted by molar-refractivity contribution is -0.115. The number of ether oxygens (including phenoxy) is 1. The summed E-state index contributed by atoms with van der Waals surface area (Å²) in [5, 5.41) is 3.75. The topological polar surface area (TPSA) is 69.6 Å². The smallest absolute Gasteiger partial charge is 0.340 e. The predicted octanol–water partition coefficient (Wildman–Crippen LogP) is 3.06. The normalized spacial score (nSPS) is 10.5. The third-order valence-electron chi connectivity index (χ3n) is 4.00. The first-order valence-electron chi connectivity index (χ1n) is 8.33. The maximum atomic E-state index is 12.5. The second-order valence-electron chi connectivity index (χ2n) is 5.67. The Balaban J connectivity index is 1.82. The van der Waals surface area contributed by atoms with Crippen molar-refractivity contribution in [2.45, 2.75) is 13.3 Å². The second kappa shape index (κ2) is 7.74. The van der Waals surface area contributed by atoms with E-state index in [1.165, 1.54) is 0 Å². The van der Waals surface area contributed by atoms with Gasteiger partial charge in [0, 0.05) is 11.6 Å². The van der Waals surface area contributed by atoms with E-state index in [0.29, 0.717) is 11.3 Å².